The van der Waals surface area contributed by atoms with E-state index in [4.69, 9.17) is 11.6 Å². The average molecular weight is 575 g/mol. The molecule has 2 aliphatic heterocycles. The van der Waals surface area contributed by atoms with Crippen molar-refractivity contribution in [3.05, 3.63) is 82.9 Å². The van der Waals surface area contributed by atoms with Crippen molar-refractivity contribution in [2.75, 3.05) is 39.3 Å². The van der Waals surface area contributed by atoms with Crippen molar-refractivity contribution in [2.24, 2.45) is 5.92 Å². The van der Waals surface area contributed by atoms with Crippen LogP contribution in [-0.4, -0.2) is 73.0 Å². The third kappa shape index (κ3) is 7.29. The molecule has 3 aromatic rings. The molecule has 2 aliphatic rings. The molecule has 2 fully saturated rings. The smallest absolute Gasteiger partial charge is 0.251 e. The summed E-state index contributed by atoms with van der Waals surface area (Å²) in [6.45, 7) is 9.42. The summed E-state index contributed by atoms with van der Waals surface area (Å²) >= 11 is 6.12. The topological polar surface area (TPSA) is 64.7 Å². The van der Waals surface area contributed by atoms with Gasteiger partial charge in [0.2, 0.25) is 5.91 Å². The second-order valence-electron chi connectivity index (χ2n) is 11.6. The molecule has 3 aromatic carbocycles. The molecule has 218 valence electrons. The van der Waals surface area contributed by atoms with Crippen LogP contribution in [0.1, 0.15) is 61.4 Å². The van der Waals surface area contributed by atoms with Gasteiger partial charge in [-0.15, -0.1) is 0 Å². The molecule has 6 nitrogen and oxygen atoms in total. The lowest BCUT2D eigenvalue weighted by Crippen LogP contribution is -2.54. The highest BCUT2D eigenvalue weighted by Crippen LogP contribution is 2.27. The van der Waals surface area contributed by atoms with Gasteiger partial charge in [0, 0.05) is 42.2 Å². The molecule has 2 unspecified atom stereocenters. The number of likely N-dealkylation sites (tertiary alicyclic amines) is 1. The van der Waals surface area contributed by atoms with E-state index >= 15 is 0 Å². The van der Waals surface area contributed by atoms with E-state index in [2.05, 4.69) is 58.5 Å². The summed E-state index contributed by atoms with van der Waals surface area (Å²) < 4.78 is 0. The molecular weight excluding hydrogens is 532 g/mol. The quantitative estimate of drug-likeness (QED) is 0.344. The van der Waals surface area contributed by atoms with E-state index in [9.17, 15) is 9.59 Å². The van der Waals surface area contributed by atoms with Crippen molar-refractivity contribution >= 4 is 34.2 Å². The van der Waals surface area contributed by atoms with Crippen molar-refractivity contribution in [3.8, 4) is 0 Å². The molecule has 2 heterocycles. The Bertz CT molecular complexity index is 1320. The van der Waals surface area contributed by atoms with E-state index in [1.54, 1.807) is 0 Å². The van der Waals surface area contributed by atoms with Crippen LogP contribution in [0.15, 0.2) is 66.7 Å². The van der Waals surface area contributed by atoms with Crippen LogP contribution >= 0.6 is 11.6 Å². The molecule has 0 aliphatic carbocycles. The van der Waals surface area contributed by atoms with E-state index in [0.717, 1.165) is 62.6 Å². The summed E-state index contributed by atoms with van der Waals surface area (Å²) in [6.07, 6.45) is 3.82. The van der Waals surface area contributed by atoms with Crippen LogP contribution in [0, 0.1) is 5.92 Å². The fourth-order valence-electron chi connectivity index (χ4n) is 6.45. The number of benzene rings is 3. The Morgan fingerprint density at radius 2 is 1.71 bits per heavy atom. The number of hydrogen-bond donors (Lipinski definition) is 2. The second-order valence-corrected chi connectivity index (χ2v) is 12.1. The van der Waals surface area contributed by atoms with Gasteiger partial charge in [0.1, 0.15) is 0 Å². The minimum absolute atomic E-state index is 0.0261. The normalized spacial score (nSPS) is 21.5. The van der Waals surface area contributed by atoms with E-state index in [0.29, 0.717) is 35.5 Å². The van der Waals surface area contributed by atoms with Crippen LogP contribution in [0.5, 0.6) is 0 Å². The third-order valence-electron chi connectivity index (χ3n) is 9.07. The van der Waals surface area contributed by atoms with Crippen LogP contribution in [0.4, 0.5) is 0 Å². The predicted octanol–water partition coefficient (Wildman–Crippen LogP) is 5.71. The van der Waals surface area contributed by atoms with E-state index in [1.165, 1.54) is 5.56 Å². The van der Waals surface area contributed by atoms with Crippen LogP contribution in [0.25, 0.3) is 10.8 Å². The van der Waals surface area contributed by atoms with Crippen LogP contribution in [0.2, 0.25) is 5.02 Å². The molecule has 0 radical (unpaired) electrons. The molecular formula is C34H43ClN4O2. The number of carbonyl (C=O) groups excluding carboxylic acids is 2. The van der Waals surface area contributed by atoms with Gasteiger partial charge in [-0.05, 0) is 91.8 Å². The van der Waals surface area contributed by atoms with E-state index in [1.807, 2.05) is 42.5 Å². The van der Waals surface area contributed by atoms with Crippen molar-refractivity contribution < 1.29 is 9.59 Å². The van der Waals surface area contributed by atoms with Crippen molar-refractivity contribution in [2.45, 2.75) is 57.5 Å². The van der Waals surface area contributed by atoms with Gasteiger partial charge >= 0.3 is 0 Å². The first kappa shape index (κ1) is 29.6. The molecule has 2 saturated heterocycles. The van der Waals surface area contributed by atoms with E-state index in [-0.39, 0.29) is 23.9 Å². The zero-order chi connectivity index (χ0) is 28.8. The molecule has 0 aromatic heterocycles. The maximum atomic E-state index is 14.1. The molecule has 0 saturated carbocycles. The molecule has 5 rings (SSSR count). The predicted molar refractivity (Wildman–Crippen MR) is 168 cm³/mol. The second kappa shape index (κ2) is 13.8. The number of nitrogens with one attached hydrogen (secondary N) is 2. The SMILES string of the molecule is CC[C@H](CN1CCC(CNC(=O)c2ccc3cc(Cl)ccc3c2)NC(C2CCN(CC)CC2)C1=O)c1ccccc1. The van der Waals surface area contributed by atoms with Gasteiger partial charge in [-0.1, -0.05) is 67.9 Å². The van der Waals surface area contributed by atoms with Gasteiger partial charge in [0.05, 0.1) is 6.04 Å². The van der Waals surface area contributed by atoms with Crippen LogP contribution in [-0.2, 0) is 4.79 Å². The number of piperidine rings is 1. The number of nitrogens with zero attached hydrogens (tertiary/aromatic N) is 2. The Morgan fingerprint density at radius 1 is 0.976 bits per heavy atom. The molecule has 7 heteroatoms. The van der Waals surface area contributed by atoms with Crippen molar-refractivity contribution in [1.29, 1.82) is 0 Å². The first-order chi connectivity index (χ1) is 19.9. The van der Waals surface area contributed by atoms with Gasteiger partial charge in [0.25, 0.3) is 5.91 Å². The third-order valence-corrected chi connectivity index (χ3v) is 9.30. The van der Waals surface area contributed by atoms with Crippen molar-refractivity contribution in [3.63, 3.8) is 0 Å². The molecule has 3 atom stereocenters. The molecule has 0 bridgehead atoms. The lowest BCUT2D eigenvalue weighted by Gasteiger charge is -2.37. The Kier molecular flexibility index (Phi) is 9.97. The molecule has 0 spiro atoms. The van der Waals surface area contributed by atoms with Crippen LogP contribution in [0.3, 0.4) is 0 Å². The molecule has 41 heavy (non-hydrogen) atoms. The molecule has 2 amide bonds. The standard InChI is InChI=1S/C34H43ClN4O2/c1-3-24(25-8-6-5-7-9-25)23-39-19-16-31(37-32(34(39)41)26-14-17-38(4-2)18-15-26)22-36-33(40)29-11-10-28-21-30(35)13-12-27(28)20-29/h5-13,20-21,24,26,31-32,37H,3-4,14-19,22-23H2,1-2H3,(H,36,40)/t24-,31?,32?/m1/s1. The summed E-state index contributed by atoms with van der Waals surface area (Å²) in [5.41, 5.74) is 1.91. The number of hydrogen-bond acceptors (Lipinski definition) is 4. The van der Waals surface area contributed by atoms with Gasteiger partial charge in [-0.3, -0.25) is 9.59 Å². The van der Waals surface area contributed by atoms with Gasteiger partial charge in [-0.2, -0.15) is 0 Å². The van der Waals surface area contributed by atoms with Gasteiger partial charge in [0.15, 0.2) is 0 Å². The van der Waals surface area contributed by atoms with Crippen LogP contribution < -0.4 is 10.6 Å². The summed E-state index contributed by atoms with van der Waals surface area (Å²) in [4.78, 5) is 31.8. The monoisotopic (exact) mass is 574 g/mol. The Labute approximate surface area is 249 Å². The summed E-state index contributed by atoms with van der Waals surface area (Å²) in [6, 6.07) is 21.7. The lowest BCUT2D eigenvalue weighted by molar-refractivity contribution is -0.134. The number of amides is 2. The zero-order valence-corrected chi connectivity index (χ0v) is 25.1. The maximum Gasteiger partial charge on any atom is 0.251 e. The highest BCUT2D eigenvalue weighted by atomic mass is 35.5. The Morgan fingerprint density at radius 3 is 2.44 bits per heavy atom. The summed E-state index contributed by atoms with van der Waals surface area (Å²) in [5.74, 6) is 0.727. The number of halogens is 1. The summed E-state index contributed by atoms with van der Waals surface area (Å²) in [7, 11) is 0. The van der Waals surface area contributed by atoms with Crippen molar-refractivity contribution in [1.82, 2.24) is 20.4 Å². The van der Waals surface area contributed by atoms with Gasteiger partial charge < -0.3 is 20.4 Å². The summed E-state index contributed by atoms with van der Waals surface area (Å²) in [5, 5.41) is 9.56. The minimum Gasteiger partial charge on any atom is -0.350 e. The fraction of sp³-hybridized carbons (Fsp3) is 0.471. The average Bonchev–Trinajstić information content (AvgIpc) is 3.17. The number of fused-ring (bicyclic) bond motifs is 1. The Balaban J connectivity index is 1.29. The lowest BCUT2D eigenvalue weighted by atomic mass is 9.88. The minimum atomic E-state index is -0.225. The number of carbonyl (C=O) groups is 2. The highest BCUT2D eigenvalue weighted by Gasteiger charge is 2.38. The Hall–Kier alpha value is -2.93. The zero-order valence-electron chi connectivity index (χ0n) is 24.3. The highest BCUT2D eigenvalue weighted by molar-refractivity contribution is 6.31. The number of rotatable bonds is 9. The fourth-order valence-corrected chi connectivity index (χ4v) is 6.63. The maximum absolute atomic E-state index is 14.1. The molecule has 2 N–H and O–H groups in total. The van der Waals surface area contributed by atoms with Gasteiger partial charge in [-0.25, -0.2) is 0 Å². The first-order valence-corrected chi connectivity index (χ1v) is 15.6. The largest absolute Gasteiger partial charge is 0.350 e. The first-order valence-electron chi connectivity index (χ1n) is 15.2. The van der Waals surface area contributed by atoms with E-state index < -0.39 is 0 Å².